The van der Waals surface area contributed by atoms with Gasteiger partial charge in [-0.15, -0.1) is 0 Å². The van der Waals surface area contributed by atoms with Gasteiger partial charge in [0.2, 0.25) is 0 Å². The van der Waals surface area contributed by atoms with Gasteiger partial charge in [0.15, 0.2) is 11.5 Å². The van der Waals surface area contributed by atoms with E-state index in [1.165, 1.54) is 18.2 Å². The Hall–Kier alpha value is -3.26. The molecular weight excluding hydrogens is 366 g/mol. The number of phenolic OH excluding ortho intramolecular Hbond substituents is 2. The Morgan fingerprint density at radius 3 is 2.39 bits per heavy atom. The fourth-order valence-electron chi connectivity index (χ4n) is 2.59. The van der Waals surface area contributed by atoms with E-state index in [1.807, 2.05) is 24.3 Å². The molecule has 0 fully saturated rings. The van der Waals surface area contributed by atoms with Gasteiger partial charge in [-0.2, -0.15) is 0 Å². The third-order valence-electron chi connectivity index (χ3n) is 4.10. The first-order valence-corrected chi connectivity index (χ1v) is 8.70. The van der Waals surface area contributed by atoms with Crippen LogP contribution in [0.2, 0.25) is 0 Å². The first-order valence-electron chi connectivity index (χ1n) is 8.70. The molecule has 0 spiro atoms. The van der Waals surface area contributed by atoms with Gasteiger partial charge in [0.1, 0.15) is 11.9 Å². The second-order valence-corrected chi connectivity index (χ2v) is 6.10. The quantitative estimate of drug-likeness (QED) is 0.222. The molecule has 0 aliphatic rings. The van der Waals surface area contributed by atoms with Crippen LogP contribution in [0.3, 0.4) is 0 Å². The summed E-state index contributed by atoms with van der Waals surface area (Å²) in [5, 5.41) is 30.9. The lowest BCUT2D eigenvalue weighted by atomic mass is 10.1. The van der Waals surface area contributed by atoms with Crippen LogP contribution in [-0.2, 0) is 20.7 Å². The Morgan fingerprint density at radius 1 is 1.07 bits per heavy atom. The summed E-state index contributed by atoms with van der Waals surface area (Å²) >= 11 is 0. The summed E-state index contributed by atoms with van der Waals surface area (Å²) in [5.41, 5.74) is 1.52. The first-order chi connectivity index (χ1) is 13.4. The summed E-state index contributed by atoms with van der Waals surface area (Å²) in [5.74, 6) is -3.00. The fourth-order valence-corrected chi connectivity index (χ4v) is 2.59. The standard InChI is InChI=1S/C20H23NO7/c1-27-15-7-4-13(5-8-15)3-2-10-21-12-18(28-20(26)19(24)25)14-6-9-16(22)17(23)11-14/h4-9,11,18,21-23H,2-3,10,12H2,1H3,(H,24,25)/t18-/m1/s1. The van der Waals surface area contributed by atoms with E-state index in [0.29, 0.717) is 12.1 Å². The molecule has 2 aromatic carbocycles. The number of hydrogen-bond donors (Lipinski definition) is 4. The zero-order valence-electron chi connectivity index (χ0n) is 15.4. The number of carbonyl (C=O) groups is 2. The van der Waals surface area contributed by atoms with E-state index in [0.717, 1.165) is 24.2 Å². The molecule has 0 heterocycles. The van der Waals surface area contributed by atoms with Crippen LogP contribution in [0.5, 0.6) is 17.2 Å². The maximum atomic E-state index is 11.4. The molecule has 0 aliphatic carbocycles. The molecule has 2 aromatic rings. The Kier molecular flexibility index (Phi) is 7.65. The molecule has 0 aliphatic heterocycles. The van der Waals surface area contributed by atoms with Crippen LogP contribution in [0.25, 0.3) is 0 Å². The maximum Gasteiger partial charge on any atom is 0.417 e. The van der Waals surface area contributed by atoms with Crippen molar-refractivity contribution in [3.63, 3.8) is 0 Å². The lowest BCUT2D eigenvalue weighted by molar-refractivity contribution is -0.167. The van der Waals surface area contributed by atoms with Gasteiger partial charge < -0.3 is 30.1 Å². The molecule has 0 saturated heterocycles. The number of carboxylic acids is 1. The Balaban J connectivity index is 1.89. The van der Waals surface area contributed by atoms with Crippen molar-refractivity contribution < 1.29 is 34.4 Å². The smallest absolute Gasteiger partial charge is 0.417 e. The van der Waals surface area contributed by atoms with Crippen LogP contribution < -0.4 is 10.1 Å². The number of nitrogens with one attached hydrogen (secondary N) is 1. The van der Waals surface area contributed by atoms with Crippen LogP contribution in [0.4, 0.5) is 0 Å². The van der Waals surface area contributed by atoms with Crippen molar-refractivity contribution in [3.05, 3.63) is 53.6 Å². The highest BCUT2D eigenvalue weighted by atomic mass is 16.6. The van der Waals surface area contributed by atoms with Gasteiger partial charge in [0.05, 0.1) is 7.11 Å². The van der Waals surface area contributed by atoms with Crippen LogP contribution >= 0.6 is 0 Å². The van der Waals surface area contributed by atoms with Crippen molar-refractivity contribution in [2.75, 3.05) is 20.2 Å². The lowest BCUT2D eigenvalue weighted by Crippen LogP contribution is -2.28. The van der Waals surface area contributed by atoms with E-state index in [-0.39, 0.29) is 18.0 Å². The normalized spacial score (nSPS) is 11.6. The van der Waals surface area contributed by atoms with Crippen molar-refractivity contribution in [3.8, 4) is 17.2 Å². The number of aromatic hydroxyl groups is 2. The zero-order valence-corrected chi connectivity index (χ0v) is 15.4. The van der Waals surface area contributed by atoms with E-state index in [4.69, 9.17) is 14.6 Å². The second-order valence-electron chi connectivity index (χ2n) is 6.10. The molecule has 2 rings (SSSR count). The lowest BCUT2D eigenvalue weighted by Gasteiger charge is -2.18. The minimum absolute atomic E-state index is 0.159. The number of aryl methyl sites for hydroxylation is 1. The SMILES string of the molecule is COc1ccc(CCCNC[C@@H](OC(=O)C(=O)O)c2ccc(O)c(O)c2)cc1. The number of phenols is 2. The van der Waals surface area contributed by atoms with Crippen LogP contribution in [0, 0.1) is 0 Å². The van der Waals surface area contributed by atoms with Crippen molar-refractivity contribution in [2.45, 2.75) is 18.9 Å². The largest absolute Gasteiger partial charge is 0.504 e. The third-order valence-corrected chi connectivity index (χ3v) is 4.10. The van der Waals surface area contributed by atoms with E-state index in [2.05, 4.69) is 5.32 Å². The highest BCUT2D eigenvalue weighted by molar-refractivity contribution is 6.28. The number of ether oxygens (including phenoxy) is 2. The molecule has 0 unspecified atom stereocenters. The van der Waals surface area contributed by atoms with Gasteiger partial charge in [0, 0.05) is 6.54 Å². The number of rotatable bonds is 9. The van der Waals surface area contributed by atoms with Gasteiger partial charge >= 0.3 is 11.9 Å². The molecule has 8 nitrogen and oxygen atoms in total. The number of benzene rings is 2. The zero-order chi connectivity index (χ0) is 20.5. The average Bonchev–Trinajstić information content (AvgIpc) is 2.69. The number of carbonyl (C=O) groups excluding carboxylic acids is 1. The van der Waals surface area contributed by atoms with Gasteiger partial charge in [-0.05, 0) is 54.8 Å². The minimum Gasteiger partial charge on any atom is -0.504 e. The maximum absolute atomic E-state index is 11.4. The molecule has 0 saturated carbocycles. The predicted octanol–water partition coefficient (Wildman–Crippen LogP) is 2.00. The molecular formula is C20H23NO7. The van der Waals surface area contributed by atoms with Crippen LogP contribution in [0.1, 0.15) is 23.7 Å². The van der Waals surface area contributed by atoms with Crippen molar-refractivity contribution in [2.24, 2.45) is 0 Å². The van der Waals surface area contributed by atoms with Gasteiger partial charge in [-0.25, -0.2) is 9.59 Å². The first kappa shape index (κ1) is 21.0. The molecule has 0 amide bonds. The van der Waals surface area contributed by atoms with Gasteiger partial charge in [-0.3, -0.25) is 0 Å². The molecule has 8 heteroatoms. The fraction of sp³-hybridized carbons (Fsp3) is 0.300. The van der Waals surface area contributed by atoms with Crippen molar-refractivity contribution >= 4 is 11.9 Å². The topological polar surface area (TPSA) is 125 Å². The Labute approximate surface area is 162 Å². The van der Waals surface area contributed by atoms with Crippen molar-refractivity contribution in [1.29, 1.82) is 0 Å². The number of hydrogen-bond acceptors (Lipinski definition) is 7. The molecule has 150 valence electrons. The number of methoxy groups -OCH3 is 1. The average molecular weight is 389 g/mol. The molecule has 0 aromatic heterocycles. The van der Waals surface area contributed by atoms with E-state index < -0.39 is 18.0 Å². The van der Waals surface area contributed by atoms with E-state index in [9.17, 15) is 19.8 Å². The second kappa shape index (κ2) is 10.2. The number of carboxylic acid groups (broad SMARTS) is 1. The number of aliphatic carboxylic acids is 1. The van der Waals surface area contributed by atoms with Gasteiger partial charge in [0.25, 0.3) is 0 Å². The van der Waals surface area contributed by atoms with E-state index in [1.54, 1.807) is 7.11 Å². The van der Waals surface area contributed by atoms with Crippen LogP contribution in [0.15, 0.2) is 42.5 Å². The third kappa shape index (κ3) is 6.17. The van der Waals surface area contributed by atoms with E-state index >= 15 is 0 Å². The summed E-state index contributed by atoms with van der Waals surface area (Å²) in [4.78, 5) is 22.2. The number of esters is 1. The van der Waals surface area contributed by atoms with Crippen LogP contribution in [-0.4, -0.2) is 47.5 Å². The summed E-state index contributed by atoms with van der Waals surface area (Å²) < 4.78 is 10.1. The molecule has 1 atom stereocenters. The van der Waals surface area contributed by atoms with Gasteiger partial charge in [-0.1, -0.05) is 18.2 Å². The predicted molar refractivity (Wildman–Crippen MR) is 100 cm³/mol. The summed E-state index contributed by atoms with van der Waals surface area (Å²) in [6, 6.07) is 11.7. The Bertz CT molecular complexity index is 805. The minimum atomic E-state index is -1.70. The highest BCUT2D eigenvalue weighted by Gasteiger charge is 2.22. The van der Waals surface area contributed by atoms with Crippen molar-refractivity contribution in [1.82, 2.24) is 5.32 Å². The summed E-state index contributed by atoms with van der Waals surface area (Å²) in [6.07, 6.45) is 0.722. The summed E-state index contributed by atoms with van der Waals surface area (Å²) in [7, 11) is 1.61. The molecule has 28 heavy (non-hydrogen) atoms. The molecule has 0 radical (unpaired) electrons. The monoisotopic (exact) mass is 389 g/mol. The molecule has 4 N–H and O–H groups in total. The highest BCUT2D eigenvalue weighted by Crippen LogP contribution is 2.29. The summed E-state index contributed by atoms with van der Waals surface area (Å²) in [6.45, 7) is 0.767. The molecule has 0 bridgehead atoms. The Morgan fingerprint density at radius 2 is 1.79 bits per heavy atom.